The molecule has 2 rings (SSSR count). The van der Waals surface area contributed by atoms with Crippen LogP contribution in [0.25, 0.3) is 10.9 Å². The highest BCUT2D eigenvalue weighted by Gasteiger charge is 2.26. The Morgan fingerprint density at radius 2 is 1.67 bits per heavy atom. The Labute approximate surface area is 104 Å². The van der Waals surface area contributed by atoms with Gasteiger partial charge in [-0.15, -0.1) is 0 Å². The average molecular weight is 247 g/mol. The number of nitrogens with zero attached hydrogens (tertiary/aromatic N) is 1. The van der Waals surface area contributed by atoms with Crippen molar-refractivity contribution < 1.29 is 19.1 Å². The van der Waals surface area contributed by atoms with E-state index in [4.69, 9.17) is 9.47 Å². The minimum absolute atomic E-state index is 0.200. The predicted molar refractivity (Wildman–Crippen MR) is 65.6 cm³/mol. The van der Waals surface area contributed by atoms with Gasteiger partial charge in [-0.25, -0.2) is 9.59 Å². The summed E-state index contributed by atoms with van der Waals surface area (Å²) in [7, 11) is 4.27. The number of hydrogen-bond acceptors (Lipinski definition) is 4. The summed E-state index contributed by atoms with van der Waals surface area (Å²) in [5, 5.41) is 0.673. The van der Waals surface area contributed by atoms with Gasteiger partial charge in [0.15, 0.2) is 0 Å². The molecule has 0 N–H and O–H groups in total. The fraction of sp³-hybridized carbons (Fsp3) is 0.231. The molecule has 0 radical (unpaired) electrons. The number of carbonyl (C=O) groups excluding carboxylic acids is 2. The number of rotatable bonds is 2. The van der Waals surface area contributed by atoms with Crippen LogP contribution in [0.2, 0.25) is 0 Å². The molecule has 0 unspecified atom stereocenters. The maximum atomic E-state index is 11.8. The normalized spacial score (nSPS) is 10.4. The van der Waals surface area contributed by atoms with Crippen LogP contribution in [0, 0.1) is 0 Å². The zero-order chi connectivity index (χ0) is 13.3. The quantitative estimate of drug-likeness (QED) is 0.759. The van der Waals surface area contributed by atoms with Crippen LogP contribution in [0.1, 0.15) is 20.8 Å². The highest BCUT2D eigenvalue weighted by atomic mass is 16.5. The van der Waals surface area contributed by atoms with Crippen molar-refractivity contribution in [2.24, 2.45) is 7.05 Å². The molecule has 94 valence electrons. The summed E-state index contributed by atoms with van der Waals surface area (Å²) >= 11 is 0. The Kier molecular flexibility index (Phi) is 3.06. The van der Waals surface area contributed by atoms with Crippen molar-refractivity contribution >= 4 is 22.8 Å². The Morgan fingerprint density at radius 1 is 1.06 bits per heavy atom. The van der Waals surface area contributed by atoms with Crippen LogP contribution in [0.4, 0.5) is 0 Å². The first-order chi connectivity index (χ1) is 8.61. The number of para-hydroxylation sites is 1. The molecule has 1 aromatic heterocycles. The first kappa shape index (κ1) is 12.2. The van der Waals surface area contributed by atoms with E-state index in [2.05, 4.69) is 0 Å². The summed E-state index contributed by atoms with van der Waals surface area (Å²) < 4.78 is 11.1. The standard InChI is InChI=1S/C13H13NO4/c1-14-9-7-5-4-6-8(9)10(12(15)17-2)11(14)13(16)18-3/h4-7H,1-3H3. The van der Waals surface area contributed by atoms with Crippen molar-refractivity contribution in [3.05, 3.63) is 35.5 Å². The molecule has 1 heterocycles. The maximum absolute atomic E-state index is 11.8. The molecule has 0 spiro atoms. The van der Waals surface area contributed by atoms with Gasteiger partial charge in [-0.2, -0.15) is 0 Å². The average Bonchev–Trinajstić information content (AvgIpc) is 2.71. The van der Waals surface area contributed by atoms with Crippen molar-refractivity contribution in [3.8, 4) is 0 Å². The summed E-state index contributed by atoms with van der Waals surface area (Å²) in [5.41, 5.74) is 1.21. The monoisotopic (exact) mass is 247 g/mol. The van der Waals surface area contributed by atoms with E-state index >= 15 is 0 Å². The third kappa shape index (κ3) is 1.64. The molecule has 18 heavy (non-hydrogen) atoms. The molecule has 0 amide bonds. The van der Waals surface area contributed by atoms with Gasteiger partial charge in [-0.1, -0.05) is 18.2 Å². The second-order valence-electron chi connectivity index (χ2n) is 3.78. The molecule has 5 heteroatoms. The highest BCUT2D eigenvalue weighted by Crippen LogP contribution is 2.26. The van der Waals surface area contributed by atoms with Gasteiger partial charge in [0.25, 0.3) is 0 Å². The minimum Gasteiger partial charge on any atom is -0.465 e. The smallest absolute Gasteiger partial charge is 0.355 e. The zero-order valence-electron chi connectivity index (χ0n) is 10.4. The summed E-state index contributed by atoms with van der Waals surface area (Å²) in [6, 6.07) is 7.24. The number of aromatic nitrogens is 1. The van der Waals surface area contributed by atoms with Crippen molar-refractivity contribution in [2.75, 3.05) is 14.2 Å². The third-order valence-electron chi connectivity index (χ3n) is 2.88. The van der Waals surface area contributed by atoms with Crippen molar-refractivity contribution in [2.45, 2.75) is 0 Å². The maximum Gasteiger partial charge on any atom is 0.355 e. The van der Waals surface area contributed by atoms with Crippen LogP contribution in [-0.2, 0) is 16.5 Å². The number of ether oxygens (including phenoxy) is 2. The van der Waals surface area contributed by atoms with Gasteiger partial charge < -0.3 is 14.0 Å². The van der Waals surface area contributed by atoms with Crippen LogP contribution in [0.3, 0.4) is 0 Å². The van der Waals surface area contributed by atoms with Gasteiger partial charge in [0.2, 0.25) is 0 Å². The first-order valence-corrected chi connectivity index (χ1v) is 5.35. The van der Waals surface area contributed by atoms with Crippen molar-refractivity contribution in [1.82, 2.24) is 4.57 Å². The second-order valence-corrected chi connectivity index (χ2v) is 3.78. The molecule has 2 aromatic rings. The van der Waals surface area contributed by atoms with Gasteiger partial charge in [0, 0.05) is 18.0 Å². The van der Waals surface area contributed by atoms with Crippen LogP contribution < -0.4 is 0 Å². The highest BCUT2D eigenvalue weighted by molar-refractivity contribution is 6.13. The van der Waals surface area contributed by atoms with Gasteiger partial charge in [-0.3, -0.25) is 0 Å². The minimum atomic E-state index is -0.561. The fourth-order valence-corrected chi connectivity index (χ4v) is 2.04. The Bertz CT molecular complexity index is 627. The van der Waals surface area contributed by atoms with E-state index in [0.29, 0.717) is 5.39 Å². The number of benzene rings is 1. The third-order valence-corrected chi connectivity index (χ3v) is 2.88. The predicted octanol–water partition coefficient (Wildman–Crippen LogP) is 1.75. The van der Waals surface area contributed by atoms with Gasteiger partial charge in [-0.05, 0) is 6.07 Å². The molecule has 0 atom stereocenters. The van der Waals surface area contributed by atoms with E-state index < -0.39 is 11.9 Å². The van der Waals surface area contributed by atoms with E-state index in [9.17, 15) is 9.59 Å². The summed E-state index contributed by atoms with van der Waals surface area (Å²) in [5.74, 6) is -1.11. The lowest BCUT2D eigenvalue weighted by Crippen LogP contribution is -2.13. The number of aryl methyl sites for hydroxylation is 1. The Balaban J connectivity index is 2.85. The van der Waals surface area contributed by atoms with E-state index in [1.54, 1.807) is 23.7 Å². The molecule has 0 aliphatic carbocycles. The van der Waals surface area contributed by atoms with Gasteiger partial charge >= 0.3 is 11.9 Å². The van der Waals surface area contributed by atoms with Gasteiger partial charge in [0.1, 0.15) is 11.3 Å². The molecular weight excluding hydrogens is 234 g/mol. The van der Waals surface area contributed by atoms with Crippen LogP contribution in [0.5, 0.6) is 0 Å². The van der Waals surface area contributed by atoms with Crippen molar-refractivity contribution in [3.63, 3.8) is 0 Å². The summed E-state index contributed by atoms with van der Waals surface area (Å²) in [6.07, 6.45) is 0. The van der Waals surface area contributed by atoms with E-state index in [1.165, 1.54) is 14.2 Å². The molecule has 5 nitrogen and oxygen atoms in total. The van der Waals surface area contributed by atoms with Crippen LogP contribution >= 0.6 is 0 Å². The number of esters is 2. The van der Waals surface area contributed by atoms with Crippen LogP contribution in [0.15, 0.2) is 24.3 Å². The molecule has 1 aromatic carbocycles. The topological polar surface area (TPSA) is 57.5 Å². The van der Waals surface area contributed by atoms with E-state index in [-0.39, 0.29) is 11.3 Å². The SMILES string of the molecule is COC(=O)c1c(C(=O)OC)n(C)c2ccccc12. The van der Waals surface area contributed by atoms with E-state index in [1.807, 2.05) is 12.1 Å². The zero-order valence-corrected chi connectivity index (χ0v) is 10.4. The molecular formula is C13H13NO4. The molecule has 0 bridgehead atoms. The second kappa shape index (κ2) is 4.52. The molecule has 0 fully saturated rings. The molecule has 0 saturated carbocycles. The lowest BCUT2D eigenvalue weighted by molar-refractivity contribution is 0.0549. The molecule has 0 aliphatic rings. The number of carbonyl (C=O) groups is 2. The number of fused-ring (bicyclic) bond motifs is 1. The molecule has 0 saturated heterocycles. The number of hydrogen-bond donors (Lipinski definition) is 0. The molecule has 0 aliphatic heterocycles. The lowest BCUT2D eigenvalue weighted by Gasteiger charge is -2.04. The number of methoxy groups -OCH3 is 2. The fourth-order valence-electron chi connectivity index (χ4n) is 2.04. The van der Waals surface area contributed by atoms with Gasteiger partial charge in [0.05, 0.1) is 14.2 Å². The summed E-state index contributed by atoms with van der Waals surface area (Å²) in [6.45, 7) is 0. The Hall–Kier alpha value is -2.30. The van der Waals surface area contributed by atoms with Crippen molar-refractivity contribution in [1.29, 1.82) is 0 Å². The largest absolute Gasteiger partial charge is 0.465 e. The van der Waals surface area contributed by atoms with E-state index in [0.717, 1.165) is 5.52 Å². The Morgan fingerprint density at radius 3 is 2.28 bits per heavy atom. The first-order valence-electron chi connectivity index (χ1n) is 5.35. The lowest BCUT2D eigenvalue weighted by atomic mass is 10.1. The summed E-state index contributed by atoms with van der Waals surface area (Å²) in [4.78, 5) is 23.6. The van der Waals surface area contributed by atoms with Crippen LogP contribution in [-0.4, -0.2) is 30.7 Å².